The molecule has 2 aromatic carbocycles. The van der Waals surface area contributed by atoms with Crippen molar-refractivity contribution < 1.29 is 24.3 Å². The van der Waals surface area contributed by atoms with Gasteiger partial charge in [0.05, 0.1) is 18.2 Å². The molecule has 2 rings (SSSR count). The minimum absolute atomic E-state index is 0.0736. The number of methoxy groups -OCH3 is 1. The Morgan fingerprint density at radius 2 is 2.07 bits per heavy atom. The van der Waals surface area contributed by atoms with Gasteiger partial charge in [0.1, 0.15) is 5.75 Å². The Kier molecular flexibility index (Phi) is 7.13. The van der Waals surface area contributed by atoms with Crippen molar-refractivity contribution in [3.8, 4) is 17.2 Å². The molecule has 9 nitrogen and oxygen atoms in total. The average molecular weight is 401 g/mol. The second-order valence-corrected chi connectivity index (χ2v) is 6.60. The first-order chi connectivity index (χ1) is 13.7. The summed E-state index contributed by atoms with van der Waals surface area (Å²) in [5, 5.41) is 24.5. The van der Waals surface area contributed by atoms with E-state index < -0.39 is 22.3 Å². The molecule has 0 aliphatic heterocycles. The van der Waals surface area contributed by atoms with Crippen molar-refractivity contribution in [1.82, 2.24) is 5.43 Å². The Bertz CT molecular complexity index is 940. The smallest absolute Gasteiger partial charge is 0.315 e. The molecule has 0 saturated carbocycles. The fourth-order valence-corrected chi connectivity index (χ4v) is 2.73. The zero-order valence-corrected chi connectivity index (χ0v) is 16.6. The van der Waals surface area contributed by atoms with Crippen LogP contribution in [-0.2, 0) is 4.79 Å². The van der Waals surface area contributed by atoms with Crippen LogP contribution in [0.25, 0.3) is 0 Å². The molecule has 0 aliphatic rings. The van der Waals surface area contributed by atoms with Crippen LogP contribution in [0, 0.1) is 17.0 Å². The second kappa shape index (κ2) is 9.54. The van der Waals surface area contributed by atoms with E-state index in [4.69, 9.17) is 9.47 Å². The van der Waals surface area contributed by atoms with Crippen LogP contribution in [0.4, 0.5) is 5.69 Å². The minimum atomic E-state index is -0.742. The summed E-state index contributed by atoms with van der Waals surface area (Å²) in [6, 6.07) is 8.11. The lowest BCUT2D eigenvalue weighted by atomic mass is 9.98. The number of hydrogen-bond donors (Lipinski definition) is 2. The SMILES string of the molecule is COc1cc(/C=N/NC(=O)COc2ccc(C(C)C)c(C)c2)cc([N+](=O)[O-])c1O. The molecule has 0 saturated heterocycles. The Balaban J connectivity index is 1.97. The predicted molar refractivity (Wildman–Crippen MR) is 108 cm³/mol. The van der Waals surface area contributed by atoms with E-state index in [1.807, 2.05) is 19.1 Å². The summed E-state index contributed by atoms with van der Waals surface area (Å²) in [5.74, 6) is -0.172. The molecular weight excluding hydrogens is 378 g/mol. The van der Waals surface area contributed by atoms with Crippen LogP contribution in [0.15, 0.2) is 35.4 Å². The largest absolute Gasteiger partial charge is 0.500 e. The molecule has 29 heavy (non-hydrogen) atoms. The summed E-state index contributed by atoms with van der Waals surface area (Å²) >= 11 is 0. The maximum atomic E-state index is 11.9. The molecule has 0 fully saturated rings. The van der Waals surface area contributed by atoms with Crippen LogP contribution < -0.4 is 14.9 Å². The lowest BCUT2D eigenvalue weighted by Crippen LogP contribution is -2.24. The molecule has 0 aromatic heterocycles. The maximum absolute atomic E-state index is 11.9. The third kappa shape index (κ3) is 5.68. The van der Waals surface area contributed by atoms with Crippen molar-refractivity contribution >= 4 is 17.8 Å². The monoisotopic (exact) mass is 401 g/mol. The molecule has 0 radical (unpaired) electrons. The van der Waals surface area contributed by atoms with Gasteiger partial charge < -0.3 is 14.6 Å². The Morgan fingerprint density at radius 1 is 1.34 bits per heavy atom. The van der Waals surface area contributed by atoms with Gasteiger partial charge >= 0.3 is 5.69 Å². The van der Waals surface area contributed by atoms with E-state index in [1.165, 1.54) is 25.0 Å². The van der Waals surface area contributed by atoms with E-state index >= 15 is 0 Å². The van der Waals surface area contributed by atoms with Crippen molar-refractivity contribution in [2.75, 3.05) is 13.7 Å². The zero-order chi connectivity index (χ0) is 21.6. The van der Waals surface area contributed by atoms with Crippen molar-refractivity contribution in [1.29, 1.82) is 0 Å². The second-order valence-electron chi connectivity index (χ2n) is 6.60. The Labute approximate surface area is 168 Å². The van der Waals surface area contributed by atoms with Crippen LogP contribution in [0.3, 0.4) is 0 Å². The molecule has 0 spiro atoms. The lowest BCUT2D eigenvalue weighted by molar-refractivity contribution is -0.386. The quantitative estimate of drug-likeness (QED) is 0.397. The van der Waals surface area contributed by atoms with Gasteiger partial charge in [-0.25, -0.2) is 5.43 Å². The van der Waals surface area contributed by atoms with Crippen LogP contribution in [0.5, 0.6) is 17.2 Å². The molecule has 154 valence electrons. The number of nitrogens with one attached hydrogen (secondary N) is 1. The maximum Gasteiger partial charge on any atom is 0.315 e. The van der Waals surface area contributed by atoms with E-state index in [1.54, 1.807) is 6.07 Å². The highest BCUT2D eigenvalue weighted by Crippen LogP contribution is 2.36. The number of hydrogen-bond acceptors (Lipinski definition) is 7. The van der Waals surface area contributed by atoms with Gasteiger partial charge in [0, 0.05) is 11.6 Å². The summed E-state index contributed by atoms with van der Waals surface area (Å²) < 4.78 is 10.4. The topological polar surface area (TPSA) is 123 Å². The minimum Gasteiger partial charge on any atom is -0.500 e. The molecule has 9 heteroatoms. The van der Waals surface area contributed by atoms with Crippen molar-refractivity contribution in [3.63, 3.8) is 0 Å². The van der Waals surface area contributed by atoms with Gasteiger partial charge in [-0.3, -0.25) is 14.9 Å². The fourth-order valence-electron chi connectivity index (χ4n) is 2.73. The van der Waals surface area contributed by atoms with Crippen molar-refractivity contribution in [2.24, 2.45) is 5.10 Å². The summed E-state index contributed by atoms with van der Waals surface area (Å²) in [7, 11) is 1.27. The first kappa shape index (κ1) is 21.7. The van der Waals surface area contributed by atoms with Crippen LogP contribution in [-0.4, -0.2) is 35.9 Å². The predicted octanol–water partition coefficient (Wildman–Crippen LogP) is 3.27. The molecule has 1 amide bonds. The highest BCUT2D eigenvalue weighted by Gasteiger charge is 2.19. The Morgan fingerprint density at radius 3 is 2.66 bits per heavy atom. The van der Waals surface area contributed by atoms with Gasteiger partial charge in [-0.05, 0) is 42.2 Å². The van der Waals surface area contributed by atoms with Crippen molar-refractivity contribution in [3.05, 3.63) is 57.1 Å². The van der Waals surface area contributed by atoms with Crippen LogP contribution in [0.2, 0.25) is 0 Å². The number of benzene rings is 2. The number of carbonyl (C=O) groups is 1. The number of rotatable bonds is 8. The highest BCUT2D eigenvalue weighted by molar-refractivity contribution is 5.85. The third-order valence-corrected chi connectivity index (χ3v) is 4.13. The summed E-state index contributed by atoms with van der Waals surface area (Å²) in [4.78, 5) is 22.1. The number of ether oxygens (including phenoxy) is 2. The summed E-state index contributed by atoms with van der Waals surface area (Å²) in [6.45, 7) is 5.95. The average Bonchev–Trinajstić information content (AvgIpc) is 2.66. The van der Waals surface area contributed by atoms with Gasteiger partial charge in [0.25, 0.3) is 5.91 Å². The number of hydrazone groups is 1. The van der Waals surface area contributed by atoms with Gasteiger partial charge in [-0.1, -0.05) is 19.9 Å². The van der Waals surface area contributed by atoms with E-state index in [9.17, 15) is 20.0 Å². The molecular formula is C20H23N3O6. The van der Waals surface area contributed by atoms with Gasteiger partial charge in [-0.15, -0.1) is 0 Å². The number of amides is 1. The number of nitro groups is 1. The van der Waals surface area contributed by atoms with Crippen molar-refractivity contribution in [2.45, 2.75) is 26.7 Å². The lowest BCUT2D eigenvalue weighted by Gasteiger charge is -2.12. The van der Waals surface area contributed by atoms with Gasteiger partial charge in [-0.2, -0.15) is 5.10 Å². The molecule has 0 aliphatic carbocycles. The first-order valence-electron chi connectivity index (χ1n) is 8.83. The van der Waals surface area contributed by atoms with Gasteiger partial charge in [0.15, 0.2) is 12.4 Å². The number of aromatic hydroxyl groups is 1. The first-order valence-corrected chi connectivity index (χ1v) is 8.83. The number of nitro benzene ring substituents is 1. The van der Waals surface area contributed by atoms with E-state index in [0.29, 0.717) is 11.7 Å². The van der Waals surface area contributed by atoms with Gasteiger partial charge in [0.2, 0.25) is 5.75 Å². The van der Waals surface area contributed by atoms with E-state index in [0.717, 1.165) is 11.6 Å². The normalized spacial score (nSPS) is 10.9. The van der Waals surface area contributed by atoms with E-state index in [2.05, 4.69) is 24.4 Å². The Hall–Kier alpha value is -3.62. The molecule has 0 atom stereocenters. The number of phenolic OH excluding ortho intramolecular Hbond substituents is 1. The standard InChI is InChI=1S/C20H23N3O6/c1-12(2)16-6-5-15(7-13(16)3)29-11-19(24)22-21-10-14-8-17(23(26)27)20(25)18(9-14)28-4/h5-10,12,25H,11H2,1-4H3,(H,22,24)/b21-10+. The fraction of sp³-hybridized carbons (Fsp3) is 0.300. The van der Waals surface area contributed by atoms with Crippen LogP contribution in [0.1, 0.15) is 36.5 Å². The molecule has 2 aromatic rings. The molecule has 0 heterocycles. The number of phenols is 1. The highest BCUT2D eigenvalue weighted by atomic mass is 16.6. The number of aryl methyl sites for hydroxylation is 1. The molecule has 0 bridgehead atoms. The summed E-state index contributed by atoms with van der Waals surface area (Å²) in [5.41, 5.74) is 4.32. The van der Waals surface area contributed by atoms with E-state index in [-0.39, 0.29) is 17.9 Å². The van der Waals surface area contributed by atoms with Crippen LogP contribution >= 0.6 is 0 Å². The molecule has 2 N–H and O–H groups in total. The number of nitrogens with zero attached hydrogens (tertiary/aromatic N) is 2. The summed E-state index contributed by atoms with van der Waals surface area (Å²) in [6.07, 6.45) is 1.20. The zero-order valence-electron chi connectivity index (χ0n) is 16.6. The third-order valence-electron chi connectivity index (χ3n) is 4.13. The molecule has 0 unspecified atom stereocenters. The number of carbonyl (C=O) groups excluding carboxylic acids is 1.